The van der Waals surface area contributed by atoms with E-state index < -0.39 is 28.5 Å². The van der Waals surface area contributed by atoms with Gasteiger partial charge in [0.1, 0.15) is 12.6 Å². The Labute approximate surface area is 261 Å². The number of nitrogens with one attached hydrogen (secondary N) is 1. The average molecular weight is 624 g/mol. The van der Waals surface area contributed by atoms with Gasteiger partial charge in [0.2, 0.25) is 11.8 Å². The zero-order chi connectivity index (χ0) is 31.1. The molecule has 1 aliphatic rings. The van der Waals surface area contributed by atoms with Gasteiger partial charge in [-0.05, 0) is 75.4 Å². The van der Waals surface area contributed by atoms with E-state index in [1.54, 1.807) is 49.4 Å². The van der Waals surface area contributed by atoms with E-state index in [0.717, 1.165) is 53.1 Å². The molecule has 43 heavy (non-hydrogen) atoms. The number of anilines is 1. The molecule has 0 aromatic heterocycles. The van der Waals surface area contributed by atoms with Crippen molar-refractivity contribution >= 4 is 39.1 Å². The minimum absolute atomic E-state index is 0.0672. The highest BCUT2D eigenvalue weighted by Gasteiger charge is 2.35. The van der Waals surface area contributed by atoms with Crippen molar-refractivity contribution in [1.82, 2.24) is 10.2 Å². The second kappa shape index (κ2) is 14.4. The summed E-state index contributed by atoms with van der Waals surface area (Å²) in [5.41, 5.74) is 3.67. The smallest absolute Gasteiger partial charge is 0.264 e. The predicted molar refractivity (Wildman–Crippen MR) is 173 cm³/mol. The Morgan fingerprint density at radius 2 is 1.60 bits per heavy atom. The molecule has 9 heteroatoms. The summed E-state index contributed by atoms with van der Waals surface area (Å²) in [6.07, 6.45) is 5.53. The van der Waals surface area contributed by atoms with Crippen LogP contribution in [0.25, 0.3) is 0 Å². The number of hydrogen-bond donors (Lipinski definition) is 1. The molecule has 0 spiro atoms. The molecular weight excluding hydrogens is 582 g/mol. The summed E-state index contributed by atoms with van der Waals surface area (Å²) in [4.78, 5) is 29.6. The fraction of sp³-hybridized carbons (Fsp3) is 0.412. The maximum atomic E-state index is 14.3. The standard InChI is InChI=1S/C34H42ClN3O4S/c1-5-31(34(40)36-28-13-7-6-8-14-28)37(22-27-12-9-11-25(3)21-27)33(39)23-38(32-16-10-15-30(35)26(32)4)43(41,42)29-19-17-24(2)18-20-29/h9-12,15-21,28,31H,5-8,13-14,22-23H2,1-4H3,(H,36,40)/t31-/m0/s1. The lowest BCUT2D eigenvalue weighted by Gasteiger charge is -2.35. The first-order valence-corrected chi connectivity index (χ1v) is 16.8. The van der Waals surface area contributed by atoms with Gasteiger partial charge in [-0.15, -0.1) is 0 Å². The number of aryl methyl sites for hydroxylation is 2. The van der Waals surface area contributed by atoms with Gasteiger partial charge in [-0.1, -0.05) is 91.4 Å². The van der Waals surface area contributed by atoms with Crippen LogP contribution >= 0.6 is 11.6 Å². The maximum absolute atomic E-state index is 14.3. The van der Waals surface area contributed by atoms with Crippen LogP contribution in [0, 0.1) is 20.8 Å². The Bertz CT molecular complexity index is 1540. The van der Waals surface area contributed by atoms with Gasteiger partial charge in [0.15, 0.2) is 0 Å². The van der Waals surface area contributed by atoms with E-state index in [1.165, 1.54) is 4.90 Å². The van der Waals surface area contributed by atoms with E-state index in [4.69, 9.17) is 11.6 Å². The maximum Gasteiger partial charge on any atom is 0.264 e. The van der Waals surface area contributed by atoms with Gasteiger partial charge >= 0.3 is 0 Å². The molecule has 4 rings (SSSR count). The molecule has 0 heterocycles. The molecule has 7 nitrogen and oxygen atoms in total. The Balaban J connectivity index is 1.74. The highest BCUT2D eigenvalue weighted by molar-refractivity contribution is 7.92. The van der Waals surface area contributed by atoms with Crippen LogP contribution in [0.2, 0.25) is 5.02 Å². The van der Waals surface area contributed by atoms with E-state index in [9.17, 15) is 18.0 Å². The predicted octanol–water partition coefficient (Wildman–Crippen LogP) is 6.72. The van der Waals surface area contributed by atoms with E-state index in [0.29, 0.717) is 22.7 Å². The zero-order valence-corrected chi connectivity index (χ0v) is 27.0. The molecule has 1 atom stereocenters. The first-order chi connectivity index (χ1) is 20.5. The molecule has 1 N–H and O–H groups in total. The van der Waals surface area contributed by atoms with E-state index in [-0.39, 0.29) is 23.4 Å². The normalized spacial score (nSPS) is 14.6. The van der Waals surface area contributed by atoms with Gasteiger partial charge in [-0.3, -0.25) is 13.9 Å². The Kier molecular flexibility index (Phi) is 10.9. The van der Waals surface area contributed by atoms with Crippen LogP contribution in [-0.2, 0) is 26.2 Å². The van der Waals surface area contributed by atoms with Crippen molar-refractivity contribution in [2.45, 2.75) is 89.7 Å². The summed E-state index contributed by atoms with van der Waals surface area (Å²) in [6.45, 7) is 7.15. The summed E-state index contributed by atoms with van der Waals surface area (Å²) in [7, 11) is -4.17. The van der Waals surface area contributed by atoms with Crippen molar-refractivity contribution in [1.29, 1.82) is 0 Å². The van der Waals surface area contributed by atoms with Gasteiger partial charge < -0.3 is 10.2 Å². The number of carbonyl (C=O) groups excluding carboxylic acids is 2. The van der Waals surface area contributed by atoms with Crippen molar-refractivity contribution in [3.05, 3.63) is 94.0 Å². The summed E-state index contributed by atoms with van der Waals surface area (Å²) in [5.74, 6) is -0.676. The number of benzene rings is 3. The molecule has 3 aromatic carbocycles. The van der Waals surface area contributed by atoms with Crippen LogP contribution in [0.1, 0.15) is 67.7 Å². The first kappa shape index (κ1) is 32.6. The van der Waals surface area contributed by atoms with Crippen molar-refractivity contribution < 1.29 is 18.0 Å². The number of hydrogen-bond acceptors (Lipinski definition) is 4. The first-order valence-electron chi connectivity index (χ1n) is 15.0. The second-order valence-electron chi connectivity index (χ2n) is 11.5. The van der Waals surface area contributed by atoms with Crippen LogP contribution in [0.15, 0.2) is 71.6 Å². The molecule has 0 radical (unpaired) electrons. The number of carbonyl (C=O) groups is 2. The number of amides is 2. The molecule has 1 aliphatic carbocycles. The quantitative estimate of drug-likeness (QED) is 0.257. The van der Waals surface area contributed by atoms with E-state index in [2.05, 4.69) is 5.32 Å². The molecule has 0 bridgehead atoms. The highest BCUT2D eigenvalue weighted by atomic mass is 35.5. The minimum Gasteiger partial charge on any atom is -0.352 e. The molecule has 1 fully saturated rings. The molecule has 0 aliphatic heterocycles. The molecule has 0 unspecified atom stereocenters. The van der Waals surface area contributed by atoms with Gasteiger partial charge in [0.25, 0.3) is 10.0 Å². The van der Waals surface area contributed by atoms with Crippen LogP contribution in [0.4, 0.5) is 5.69 Å². The highest BCUT2D eigenvalue weighted by Crippen LogP contribution is 2.31. The number of rotatable bonds is 11. The van der Waals surface area contributed by atoms with Crippen molar-refractivity contribution in [2.24, 2.45) is 0 Å². The summed E-state index contributed by atoms with van der Waals surface area (Å²) < 4.78 is 29.4. The molecule has 3 aromatic rings. The zero-order valence-electron chi connectivity index (χ0n) is 25.5. The SMILES string of the molecule is CC[C@@H](C(=O)NC1CCCCC1)N(Cc1cccc(C)c1)C(=O)CN(c1cccc(Cl)c1C)S(=O)(=O)c1ccc(C)cc1. The molecule has 230 valence electrons. The third-order valence-corrected chi connectivity index (χ3v) is 10.4. The third kappa shape index (κ3) is 7.98. The fourth-order valence-corrected chi connectivity index (χ4v) is 7.33. The van der Waals surface area contributed by atoms with Crippen LogP contribution < -0.4 is 9.62 Å². The van der Waals surface area contributed by atoms with Crippen molar-refractivity contribution in [2.75, 3.05) is 10.8 Å². The third-order valence-electron chi connectivity index (χ3n) is 8.17. The van der Waals surface area contributed by atoms with E-state index >= 15 is 0 Å². The molecule has 2 amide bonds. The van der Waals surface area contributed by atoms with Crippen LogP contribution in [-0.4, -0.2) is 43.8 Å². The van der Waals surface area contributed by atoms with Crippen molar-refractivity contribution in [3.8, 4) is 0 Å². The second-order valence-corrected chi connectivity index (χ2v) is 13.8. The minimum atomic E-state index is -4.17. The van der Waals surface area contributed by atoms with Crippen LogP contribution in [0.5, 0.6) is 0 Å². The molecular formula is C34H42ClN3O4S. The summed E-state index contributed by atoms with van der Waals surface area (Å²) >= 11 is 6.43. The lowest BCUT2D eigenvalue weighted by Crippen LogP contribution is -2.54. The fourth-order valence-electron chi connectivity index (χ4n) is 5.69. The van der Waals surface area contributed by atoms with Gasteiger partial charge in [0, 0.05) is 17.6 Å². The monoisotopic (exact) mass is 623 g/mol. The number of halogens is 1. The van der Waals surface area contributed by atoms with Gasteiger partial charge in [-0.2, -0.15) is 0 Å². The lowest BCUT2D eigenvalue weighted by molar-refractivity contribution is -0.140. The van der Waals surface area contributed by atoms with Crippen molar-refractivity contribution in [3.63, 3.8) is 0 Å². The Morgan fingerprint density at radius 3 is 2.26 bits per heavy atom. The van der Waals surface area contributed by atoms with Gasteiger partial charge in [-0.25, -0.2) is 8.42 Å². The largest absolute Gasteiger partial charge is 0.352 e. The topological polar surface area (TPSA) is 86.8 Å². The number of nitrogens with zero attached hydrogens (tertiary/aromatic N) is 2. The summed E-state index contributed by atoms with van der Waals surface area (Å²) in [5, 5.41) is 3.58. The Hall–Kier alpha value is -3.36. The van der Waals surface area contributed by atoms with E-state index in [1.807, 2.05) is 45.0 Å². The number of sulfonamides is 1. The van der Waals surface area contributed by atoms with Gasteiger partial charge in [0.05, 0.1) is 10.6 Å². The molecule has 1 saturated carbocycles. The van der Waals surface area contributed by atoms with Crippen LogP contribution in [0.3, 0.4) is 0 Å². The average Bonchev–Trinajstić information content (AvgIpc) is 2.98. The Morgan fingerprint density at radius 1 is 0.930 bits per heavy atom. The lowest BCUT2D eigenvalue weighted by atomic mass is 9.95. The molecule has 0 saturated heterocycles. The summed E-state index contributed by atoms with van der Waals surface area (Å²) in [6, 6.07) is 18.6.